The van der Waals surface area contributed by atoms with Gasteiger partial charge in [-0.2, -0.15) is 0 Å². The number of rotatable bonds is 4. The molecule has 7 heteroatoms. The molecule has 0 radical (unpaired) electrons. The van der Waals surface area contributed by atoms with Crippen molar-refractivity contribution >= 4 is 15.7 Å². The Hall–Kier alpha value is -1.31. The maximum Gasteiger partial charge on any atom is 0.241 e. The number of nitrogen functional groups attached to an aromatic ring is 1. The first-order valence-corrected chi connectivity index (χ1v) is 7.55. The fourth-order valence-corrected chi connectivity index (χ4v) is 3.25. The maximum atomic E-state index is 12.2. The maximum absolute atomic E-state index is 12.2. The molecular weight excluding hydrogens is 268 g/mol. The molecule has 0 saturated carbocycles. The summed E-state index contributed by atoms with van der Waals surface area (Å²) in [7, 11) is -2.13. The highest BCUT2D eigenvalue weighted by atomic mass is 32.2. The molecule has 0 bridgehead atoms. The molecule has 0 spiro atoms. The van der Waals surface area contributed by atoms with Gasteiger partial charge in [0.25, 0.3) is 0 Å². The van der Waals surface area contributed by atoms with Crippen molar-refractivity contribution in [2.45, 2.75) is 23.8 Å². The van der Waals surface area contributed by atoms with Crippen molar-refractivity contribution in [2.75, 3.05) is 26.1 Å². The molecule has 0 aliphatic carbocycles. The monoisotopic (exact) mass is 286 g/mol. The summed E-state index contributed by atoms with van der Waals surface area (Å²) in [5.41, 5.74) is 6.07. The average Bonchev–Trinajstić information content (AvgIpc) is 2.39. The lowest BCUT2D eigenvalue weighted by Gasteiger charge is -2.23. The summed E-state index contributed by atoms with van der Waals surface area (Å²) >= 11 is 0. The molecule has 6 nitrogen and oxygen atoms in total. The van der Waals surface area contributed by atoms with Gasteiger partial charge in [0.1, 0.15) is 5.75 Å². The summed E-state index contributed by atoms with van der Waals surface area (Å²) in [5.74, 6) is 0.350. The number of methoxy groups -OCH3 is 1. The summed E-state index contributed by atoms with van der Waals surface area (Å²) in [6.45, 7) is 1.10. The minimum Gasteiger partial charge on any atom is -0.495 e. The quantitative estimate of drug-likeness (QED) is 0.796. The topological polar surface area (TPSA) is 90.7 Å². The van der Waals surface area contributed by atoms with E-state index in [1.165, 1.54) is 25.3 Å². The van der Waals surface area contributed by atoms with Gasteiger partial charge in [-0.15, -0.1) is 0 Å². The number of hydrogen-bond donors (Lipinski definition) is 2. The zero-order chi connectivity index (χ0) is 13.9. The lowest BCUT2D eigenvalue weighted by Crippen LogP contribution is -2.40. The Morgan fingerprint density at radius 3 is 2.89 bits per heavy atom. The third-order valence-electron chi connectivity index (χ3n) is 3.00. The van der Waals surface area contributed by atoms with Crippen molar-refractivity contribution in [3.05, 3.63) is 18.2 Å². The van der Waals surface area contributed by atoms with Crippen LogP contribution in [0.5, 0.6) is 5.75 Å². The smallest absolute Gasteiger partial charge is 0.241 e. The number of hydrogen-bond acceptors (Lipinski definition) is 5. The Bertz CT molecular complexity index is 539. The molecule has 1 heterocycles. The van der Waals surface area contributed by atoms with Crippen LogP contribution in [0.3, 0.4) is 0 Å². The van der Waals surface area contributed by atoms with Gasteiger partial charge in [-0.25, -0.2) is 13.1 Å². The van der Waals surface area contributed by atoms with Crippen molar-refractivity contribution < 1.29 is 17.9 Å². The van der Waals surface area contributed by atoms with E-state index >= 15 is 0 Å². The van der Waals surface area contributed by atoms with E-state index in [0.717, 1.165) is 12.8 Å². The number of nitrogens with one attached hydrogen (secondary N) is 1. The molecular formula is C12H18N2O4S. The Morgan fingerprint density at radius 1 is 1.47 bits per heavy atom. The summed E-state index contributed by atoms with van der Waals surface area (Å²) < 4.78 is 37.4. The summed E-state index contributed by atoms with van der Waals surface area (Å²) in [6.07, 6.45) is 1.64. The standard InChI is InChI=1S/C12H18N2O4S/c1-17-12-7-10(4-5-11(12)13)19(15,16)14-9-3-2-6-18-8-9/h4-5,7,9,14H,2-3,6,8,13H2,1H3. The van der Waals surface area contributed by atoms with Gasteiger partial charge in [0.05, 0.1) is 24.3 Å². The summed E-state index contributed by atoms with van der Waals surface area (Å²) in [4.78, 5) is 0.143. The highest BCUT2D eigenvalue weighted by Crippen LogP contribution is 2.25. The van der Waals surface area contributed by atoms with Crippen LogP contribution in [0, 0.1) is 0 Å². The van der Waals surface area contributed by atoms with E-state index in [4.69, 9.17) is 15.2 Å². The van der Waals surface area contributed by atoms with Gasteiger partial charge in [0.15, 0.2) is 0 Å². The molecule has 2 rings (SSSR count). The Balaban J connectivity index is 2.18. The van der Waals surface area contributed by atoms with Crippen LogP contribution in [0.2, 0.25) is 0 Å². The molecule has 1 aromatic carbocycles. The first-order chi connectivity index (χ1) is 9.03. The van der Waals surface area contributed by atoms with Crippen LogP contribution in [0.25, 0.3) is 0 Å². The number of sulfonamides is 1. The van der Waals surface area contributed by atoms with E-state index in [0.29, 0.717) is 24.7 Å². The van der Waals surface area contributed by atoms with E-state index in [-0.39, 0.29) is 10.9 Å². The van der Waals surface area contributed by atoms with Crippen LogP contribution in [0.1, 0.15) is 12.8 Å². The highest BCUT2D eigenvalue weighted by Gasteiger charge is 2.22. The average molecular weight is 286 g/mol. The van der Waals surface area contributed by atoms with E-state index in [1.54, 1.807) is 0 Å². The van der Waals surface area contributed by atoms with Gasteiger partial charge >= 0.3 is 0 Å². The van der Waals surface area contributed by atoms with Gasteiger partial charge < -0.3 is 15.2 Å². The second-order valence-corrected chi connectivity index (χ2v) is 6.15. The molecule has 1 aromatic rings. The molecule has 1 aliphatic heterocycles. The van der Waals surface area contributed by atoms with Crippen molar-refractivity contribution in [3.63, 3.8) is 0 Å². The molecule has 1 aliphatic rings. The van der Waals surface area contributed by atoms with Crippen LogP contribution in [-0.2, 0) is 14.8 Å². The Morgan fingerprint density at radius 2 is 2.26 bits per heavy atom. The number of ether oxygens (including phenoxy) is 2. The minimum atomic E-state index is -3.57. The normalized spacial score (nSPS) is 20.2. The summed E-state index contributed by atoms with van der Waals surface area (Å²) in [6, 6.07) is 4.22. The summed E-state index contributed by atoms with van der Waals surface area (Å²) in [5, 5.41) is 0. The molecule has 1 saturated heterocycles. The molecule has 106 valence electrons. The van der Waals surface area contributed by atoms with Crippen LogP contribution in [0.4, 0.5) is 5.69 Å². The molecule has 0 amide bonds. The van der Waals surface area contributed by atoms with Crippen LogP contribution in [0.15, 0.2) is 23.1 Å². The molecule has 0 aromatic heterocycles. The van der Waals surface area contributed by atoms with Crippen LogP contribution < -0.4 is 15.2 Å². The van der Waals surface area contributed by atoms with Gasteiger partial charge in [-0.05, 0) is 25.0 Å². The van der Waals surface area contributed by atoms with E-state index in [2.05, 4.69) is 4.72 Å². The molecule has 1 unspecified atom stereocenters. The largest absolute Gasteiger partial charge is 0.495 e. The number of anilines is 1. The highest BCUT2D eigenvalue weighted by molar-refractivity contribution is 7.89. The first-order valence-electron chi connectivity index (χ1n) is 6.06. The van der Waals surface area contributed by atoms with Crippen LogP contribution >= 0.6 is 0 Å². The predicted molar refractivity (Wildman–Crippen MR) is 71.6 cm³/mol. The molecule has 3 N–H and O–H groups in total. The Kier molecular flexibility index (Phi) is 4.28. The van der Waals surface area contributed by atoms with Crippen LogP contribution in [-0.4, -0.2) is 34.8 Å². The Labute approximate surface area is 112 Å². The van der Waals surface area contributed by atoms with Crippen molar-refractivity contribution in [3.8, 4) is 5.75 Å². The van der Waals surface area contributed by atoms with Crippen molar-refractivity contribution in [1.29, 1.82) is 0 Å². The van der Waals surface area contributed by atoms with Gasteiger partial charge in [-0.1, -0.05) is 0 Å². The first kappa shape index (κ1) is 14.1. The predicted octanol–water partition coefficient (Wildman–Crippen LogP) is 0.735. The lowest BCUT2D eigenvalue weighted by molar-refractivity contribution is 0.0774. The van der Waals surface area contributed by atoms with Crippen molar-refractivity contribution in [1.82, 2.24) is 4.72 Å². The second-order valence-electron chi connectivity index (χ2n) is 4.44. The van der Waals surface area contributed by atoms with Gasteiger partial charge in [0.2, 0.25) is 10.0 Å². The fraction of sp³-hybridized carbons (Fsp3) is 0.500. The van der Waals surface area contributed by atoms with Gasteiger partial charge in [0, 0.05) is 18.7 Å². The number of nitrogens with two attached hydrogens (primary N) is 1. The molecule has 1 atom stereocenters. The molecule has 19 heavy (non-hydrogen) atoms. The van der Waals surface area contributed by atoms with E-state index in [1.807, 2.05) is 0 Å². The van der Waals surface area contributed by atoms with E-state index < -0.39 is 10.0 Å². The second kappa shape index (κ2) is 5.77. The third kappa shape index (κ3) is 3.37. The SMILES string of the molecule is COc1cc(S(=O)(=O)NC2CCCOC2)ccc1N. The number of benzene rings is 1. The zero-order valence-electron chi connectivity index (χ0n) is 10.8. The molecule has 1 fully saturated rings. The van der Waals surface area contributed by atoms with Crippen molar-refractivity contribution in [2.24, 2.45) is 0 Å². The van der Waals surface area contributed by atoms with Gasteiger partial charge in [-0.3, -0.25) is 0 Å². The minimum absolute atomic E-state index is 0.143. The third-order valence-corrected chi connectivity index (χ3v) is 4.52. The fourth-order valence-electron chi connectivity index (χ4n) is 1.98. The van der Waals surface area contributed by atoms with E-state index in [9.17, 15) is 8.42 Å². The lowest BCUT2D eigenvalue weighted by atomic mass is 10.1. The zero-order valence-corrected chi connectivity index (χ0v) is 11.6.